The Kier molecular flexibility index (Phi) is 3.37. The van der Waals surface area contributed by atoms with Crippen LogP contribution >= 0.6 is 0 Å². The second-order valence-electron chi connectivity index (χ2n) is 4.75. The smallest absolute Gasteiger partial charge is 0.227 e. The summed E-state index contributed by atoms with van der Waals surface area (Å²) in [5, 5.41) is 7.45. The highest BCUT2D eigenvalue weighted by atomic mass is 16.5. The van der Waals surface area contributed by atoms with Gasteiger partial charge in [0.25, 0.3) is 0 Å². The summed E-state index contributed by atoms with van der Waals surface area (Å²) in [6.07, 6.45) is 4.17. The van der Waals surface area contributed by atoms with Crippen LogP contribution in [0.1, 0.15) is 30.1 Å². The molecule has 94 valence electrons. The summed E-state index contributed by atoms with van der Waals surface area (Å²) in [6, 6.07) is 10.9. The molecule has 0 saturated heterocycles. The molecule has 2 aromatic rings. The van der Waals surface area contributed by atoms with Gasteiger partial charge >= 0.3 is 0 Å². The maximum atomic E-state index is 5.24. The van der Waals surface area contributed by atoms with E-state index in [2.05, 4.69) is 27.6 Å². The first-order valence-corrected chi connectivity index (χ1v) is 6.49. The van der Waals surface area contributed by atoms with Crippen LogP contribution in [-0.4, -0.2) is 22.7 Å². The van der Waals surface area contributed by atoms with Gasteiger partial charge in [-0.15, -0.1) is 0 Å². The molecule has 1 fully saturated rings. The third-order valence-corrected chi connectivity index (χ3v) is 3.06. The quantitative estimate of drug-likeness (QED) is 0.842. The summed E-state index contributed by atoms with van der Waals surface area (Å²) in [5.41, 5.74) is 1.21. The lowest BCUT2D eigenvalue weighted by molar-refractivity contribution is 0.371. The van der Waals surface area contributed by atoms with Crippen molar-refractivity contribution in [1.82, 2.24) is 15.5 Å². The molecule has 0 aliphatic heterocycles. The van der Waals surface area contributed by atoms with E-state index in [0.717, 1.165) is 37.1 Å². The zero-order valence-electron chi connectivity index (χ0n) is 10.3. The summed E-state index contributed by atoms with van der Waals surface area (Å²) >= 11 is 0. The third-order valence-electron chi connectivity index (χ3n) is 3.06. The Labute approximate surface area is 106 Å². The Morgan fingerprint density at radius 1 is 1.22 bits per heavy atom. The zero-order chi connectivity index (χ0) is 12.2. The van der Waals surface area contributed by atoms with Crippen LogP contribution < -0.4 is 5.32 Å². The first kappa shape index (κ1) is 11.4. The predicted octanol–water partition coefficient (Wildman–Crippen LogP) is 1.95. The molecule has 0 unspecified atom stereocenters. The second-order valence-corrected chi connectivity index (χ2v) is 4.75. The number of hydrogen-bond donors (Lipinski definition) is 1. The SMILES string of the molecule is c1ccc(Cc2noc(CCNC3CC3)n2)cc1. The van der Waals surface area contributed by atoms with Crippen LogP contribution in [0.15, 0.2) is 34.9 Å². The molecule has 0 amide bonds. The number of nitrogens with one attached hydrogen (secondary N) is 1. The monoisotopic (exact) mass is 243 g/mol. The van der Waals surface area contributed by atoms with E-state index in [9.17, 15) is 0 Å². The van der Waals surface area contributed by atoms with Gasteiger partial charge in [-0.2, -0.15) is 4.98 Å². The van der Waals surface area contributed by atoms with Crippen LogP contribution in [-0.2, 0) is 12.8 Å². The molecule has 1 saturated carbocycles. The fourth-order valence-electron chi connectivity index (χ4n) is 1.91. The summed E-state index contributed by atoms with van der Waals surface area (Å²) in [4.78, 5) is 4.41. The number of aromatic nitrogens is 2. The number of hydrogen-bond acceptors (Lipinski definition) is 4. The highest BCUT2D eigenvalue weighted by Crippen LogP contribution is 2.18. The van der Waals surface area contributed by atoms with E-state index in [-0.39, 0.29) is 0 Å². The number of nitrogens with zero attached hydrogens (tertiary/aromatic N) is 2. The molecule has 0 spiro atoms. The van der Waals surface area contributed by atoms with Crippen molar-refractivity contribution < 1.29 is 4.52 Å². The fourth-order valence-corrected chi connectivity index (χ4v) is 1.91. The highest BCUT2D eigenvalue weighted by molar-refractivity contribution is 5.18. The summed E-state index contributed by atoms with van der Waals surface area (Å²) < 4.78 is 5.24. The zero-order valence-corrected chi connectivity index (χ0v) is 10.3. The van der Waals surface area contributed by atoms with E-state index < -0.39 is 0 Å². The minimum Gasteiger partial charge on any atom is -0.339 e. The minimum atomic E-state index is 0.731. The van der Waals surface area contributed by atoms with Gasteiger partial charge in [-0.05, 0) is 18.4 Å². The molecule has 1 aliphatic carbocycles. The normalized spacial score (nSPS) is 14.9. The van der Waals surface area contributed by atoms with Crippen LogP contribution in [0, 0.1) is 0 Å². The fraction of sp³-hybridized carbons (Fsp3) is 0.429. The molecule has 0 atom stereocenters. The summed E-state index contributed by atoms with van der Waals surface area (Å²) in [5.74, 6) is 1.50. The van der Waals surface area contributed by atoms with Gasteiger partial charge in [0.2, 0.25) is 5.89 Å². The van der Waals surface area contributed by atoms with Gasteiger partial charge in [-0.1, -0.05) is 35.5 Å². The molecule has 1 aromatic carbocycles. The van der Waals surface area contributed by atoms with Crippen molar-refractivity contribution in [2.24, 2.45) is 0 Å². The summed E-state index contributed by atoms with van der Waals surface area (Å²) in [6.45, 7) is 0.928. The van der Waals surface area contributed by atoms with E-state index in [4.69, 9.17) is 4.52 Å². The van der Waals surface area contributed by atoms with Gasteiger partial charge in [-0.3, -0.25) is 0 Å². The van der Waals surface area contributed by atoms with E-state index in [1.54, 1.807) is 0 Å². The van der Waals surface area contributed by atoms with Gasteiger partial charge in [-0.25, -0.2) is 0 Å². The van der Waals surface area contributed by atoms with Crippen LogP contribution in [0.4, 0.5) is 0 Å². The lowest BCUT2D eigenvalue weighted by Gasteiger charge is -1.97. The first-order chi connectivity index (χ1) is 8.90. The van der Waals surface area contributed by atoms with Crippen molar-refractivity contribution in [3.05, 3.63) is 47.6 Å². The Hall–Kier alpha value is -1.68. The van der Waals surface area contributed by atoms with Crippen molar-refractivity contribution in [1.29, 1.82) is 0 Å². The molecule has 1 aromatic heterocycles. The Balaban J connectivity index is 1.52. The topological polar surface area (TPSA) is 51.0 Å². The maximum Gasteiger partial charge on any atom is 0.227 e. The molecule has 4 nitrogen and oxygen atoms in total. The first-order valence-electron chi connectivity index (χ1n) is 6.49. The lowest BCUT2D eigenvalue weighted by atomic mass is 10.1. The van der Waals surface area contributed by atoms with Crippen molar-refractivity contribution in [2.45, 2.75) is 31.7 Å². The van der Waals surface area contributed by atoms with Crippen molar-refractivity contribution in [2.75, 3.05) is 6.54 Å². The Morgan fingerprint density at radius 2 is 2.06 bits per heavy atom. The van der Waals surface area contributed by atoms with Crippen molar-refractivity contribution in [3.8, 4) is 0 Å². The minimum absolute atomic E-state index is 0.731. The van der Waals surface area contributed by atoms with Gasteiger partial charge in [0.1, 0.15) is 0 Å². The van der Waals surface area contributed by atoms with Crippen LogP contribution in [0.2, 0.25) is 0 Å². The van der Waals surface area contributed by atoms with Gasteiger partial charge in [0, 0.05) is 25.4 Å². The number of rotatable bonds is 6. The average molecular weight is 243 g/mol. The standard InChI is InChI=1S/C14H17N3O/c1-2-4-11(5-3-1)10-13-16-14(18-17-13)8-9-15-12-6-7-12/h1-5,12,15H,6-10H2. The highest BCUT2D eigenvalue weighted by Gasteiger charge is 2.20. The molecule has 1 aliphatic rings. The van der Waals surface area contributed by atoms with Crippen LogP contribution in [0.3, 0.4) is 0 Å². The predicted molar refractivity (Wildman–Crippen MR) is 68.3 cm³/mol. The van der Waals surface area contributed by atoms with Crippen molar-refractivity contribution >= 4 is 0 Å². The summed E-state index contributed by atoms with van der Waals surface area (Å²) in [7, 11) is 0. The van der Waals surface area contributed by atoms with Gasteiger partial charge in [0.05, 0.1) is 0 Å². The van der Waals surface area contributed by atoms with E-state index in [1.807, 2.05) is 18.2 Å². The third kappa shape index (κ3) is 3.17. The molecule has 1 heterocycles. The average Bonchev–Trinajstić information content (AvgIpc) is 3.11. The molecule has 18 heavy (non-hydrogen) atoms. The molecule has 0 radical (unpaired) electrons. The number of benzene rings is 1. The van der Waals surface area contributed by atoms with Gasteiger partial charge < -0.3 is 9.84 Å². The van der Waals surface area contributed by atoms with E-state index in [1.165, 1.54) is 18.4 Å². The lowest BCUT2D eigenvalue weighted by Crippen LogP contribution is -2.19. The molecule has 4 heteroatoms. The van der Waals surface area contributed by atoms with Gasteiger partial charge in [0.15, 0.2) is 5.82 Å². The van der Waals surface area contributed by atoms with Crippen molar-refractivity contribution in [3.63, 3.8) is 0 Å². The maximum absolute atomic E-state index is 5.24. The van der Waals surface area contributed by atoms with Crippen LogP contribution in [0.25, 0.3) is 0 Å². The Morgan fingerprint density at radius 3 is 2.83 bits per heavy atom. The second kappa shape index (κ2) is 5.31. The largest absolute Gasteiger partial charge is 0.339 e. The molecular weight excluding hydrogens is 226 g/mol. The van der Waals surface area contributed by atoms with E-state index >= 15 is 0 Å². The molecular formula is C14H17N3O. The Bertz CT molecular complexity index is 491. The molecule has 0 bridgehead atoms. The molecule has 3 rings (SSSR count). The van der Waals surface area contributed by atoms with Crippen LogP contribution in [0.5, 0.6) is 0 Å². The van der Waals surface area contributed by atoms with E-state index in [0.29, 0.717) is 0 Å². The molecule has 1 N–H and O–H groups in total.